The van der Waals surface area contributed by atoms with E-state index >= 15 is 0 Å². The predicted octanol–water partition coefficient (Wildman–Crippen LogP) is 1.61. The standard InChI is InChI=1S/C16H18ClN3O5S/c1-19-9-11(8-18-19)15-10-20(2-3-23-15)26(21,22)16-7-14-13(6-12(16)17)24-4-5-25-14/h6-9,15H,2-5,10H2,1H3/t15-/m0/s1. The van der Waals surface area contributed by atoms with Crippen LogP contribution < -0.4 is 9.47 Å². The average molecular weight is 400 g/mol. The molecule has 1 saturated heterocycles. The molecule has 1 fully saturated rings. The van der Waals surface area contributed by atoms with E-state index in [1.165, 1.54) is 16.4 Å². The van der Waals surface area contributed by atoms with Crippen LogP contribution in [0.2, 0.25) is 5.02 Å². The van der Waals surface area contributed by atoms with E-state index in [1.807, 2.05) is 6.20 Å². The molecule has 10 heteroatoms. The van der Waals surface area contributed by atoms with E-state index < -0.39 is 10.0 Å². The highest BCUT2D eigenvalue weighted by Crippen LogP contribution is 2.39. The first-order valence-corrected chi connectivity index (χ1v) is 9.96. The number of hydrogen-bond acceptors (Lipinski definition) is 6. The zero-order chi connectivity index (χ0) is 18.3. The van der Waals surface area contributed by atoms with Crippen molar-refractivity contribution in [1.29, 1.82) is 0 Å². The van der Waals surface area contributed by atoms with Crippen LogP contribution in [0.4, 0.5) is 0 Å². The lowest BCUT2D eigenvalue weighted by atomic mass is 10.2. The number of sulfonamides is 1. The second-order valence-electron chi connectivity index (χ2n) is 6.10. The molecule has 3 heterocycles. The molecule has 2 aliphatic heterocycles. The molecule has 1 atom stereocenters. The van der Waals surface area contributed by atoms with Crippen molar-refractivity contribution in [3.63, 3.8) is 0 Å². The molecule has 1 aromatic heterocycles. The number of aromatic nitrogens is 2. The van der Waals surface area contributed by atoms with Crippen molar-refractivity contribution in [3.05, 3.63) is 35.1 Å². The van der Waals surface area contributed by atoms with Crippen LogP contribution in [0.1, 0.15) is 11.7 Å². The molecule has 0 amide bonds. The molecular formula is C16H18ClN3O5S. The van der Waals surface area contributed by atoms with Gasteiger partial charge >= 0.3 is 0 Å². The van der Waals surface area contributed by atoms with Crippen molar-refractivity contribution in [2.45, 2.75) is 11.0 Å². The summed E-state index contributed by atoms with van der Waals surface area (Å²) in [7, 11) is -2.00. The lowest BCUT2D eigenvalue weighted by molar-refractivity contribution is -0.00259. The van der Waals surface area contributed by atoms with Crippen molar-refractivity contribution in [3.8, 4) is 11.5 Å². The smallest absolute Gasteiger partial charge is 0.244 e. The molecule has 0 spiro atoms. The minimum Gasteiger partial charge on any atom is -0.486 e. The molecule has 0 unspecified atom stereocenters. The number of hydrogen-bond donors (Lipinski definition) is 0. The summed E-state index contributed by atoms with van der Waals surface area (Å²) in [4.78, 5) is 0.00949. The highest BCUT2D eigenvalue weighted by Gasteiger charge is 2.34. The summed E-state index contributed by atoms with van der Waals surface area (Å²) in [5.41, 5.74) is 0.834. The Bertz CT molecular complexity index is 930. The molecule has 0 aliphatic carbocycles. The number of rotatable bonds is 3. The number of morpholine rings is 1. The topological polar surface area (TPSA) is 82.9 Å². The summed E-state index contributed by atoms with van der Waals surface area (Å²) in [5, 5.41) is 4.23. The third-order valence-corrected chi connectivity index (χ3v) is 6.67. The normalized spacial score (nSPS) is 20.9. The first-order valence-electron chi connectivity index (χ1n) is 8.14. The minimum atomic E-state index is -3.80. The van der Waals surface area contributed by atoms with E-state index in [9.17, 15) is 8.42 Å². The largest absolute Gasteiger partial charge is 0.486 e. The molecular weight excluding hydrogens is 382 g/mol. The second kappa shape index (κ2) is 6.73. The molecule has 2 aromatic rings. The molecule has 0 bridgehead atoms. The Balaban J connectivity index is 1.64. The Labute approximate surface area is 156 Å². The first-order chi connectivity index (χ1) is 12.4. The van der Waals surface area contributed by atoms with Crippen LogP contribution in [0.5, 0.6) is 11.5 Å². The van der Waals surface area contributed by atoms with Crippen molar-refractivity contribution in [2.75, 3.05) is 32.9 Å². The molecule has 2 aliphatic rings. The summed E-state index contributed by atoms with van der Waals surface area (Å²) < 4.78 is 46.0. The van der Waals surface area contributed by atoms with Crippen LogP contribution in [-0.4, -0.2) is 55.4 Å². The third kappa shape index (κ3) is 3.16. The lowest BCUT2D eigenvalue weighted by Gasteiger charge is -2.32. The molecule has 0 radical (unpaired) electrons. The van der Waals surface area contributed by atoms with Crippen molar-refractivity contribution >= 4 is 21.6 Å². The number of aryl methyl sites for hydroxylation is 1. The summed E-state index contributed by atoms with van der Waals surface area (Å²) in [6.07, 6.45) is 3.12. The van der Waals surface area contributed by atoms with Crippen molar-refractivity contribution in [2.24, 2.45) is 7.05 Å². The van der Waals surface area contributed by atoms with Gasteiger partial charge in [-0.15, -0.1) is 0 Å². The van der Waals surface area contributed by atoms with E-state index in [-0.39, 0.29) is 29.1 Å². The fourth-order valence-electron chi connectivity index (χ4n) is 3.03. The van der Waals surface area contributed by atoms with Crippen LogP contribution >= 0.6 is 11.6 Å². The Morgan fingerprint density at radius 3 is 2.62 bits per heavy atom. The summed E-state index contributed by atoms with van der Waals surface area (Å²) >= 11 is 6.24. The van der Waals surface area contributed by atoms with Gasteiger partial charge in [-0.2, -0.15) is 9.40 Å². The van der Waals surface area contributed by atoms with Gasteiger partial charge in [-0.1, -0.05) is 11.6 Å². The predicted molar refractivity (Wildman–Crippen MR) is 93.1 cm³/mol. The molecule has 26 heavy (non-hydrogen) atoms. The zero-order valence-corrected chi connectivity index (χ0v) is 15.7. The van der Waals surface area contributed by atoms with Crippen LogP contribution in [0.15, 0.2) is 29.4 Å². The Morgan fingerprint density at radius 1 is 1.19 bits per heavy atom. The van der Waals surface area contributed by atoms with Crippen molar-refractivity contribution in [1.82, 2.24) is 14.1 Å². The van der Waals surface area contributed by atoms with E-state index in [2.05, 4.69) is 5.10 Å². The van der Waals surface area contributed by atoms with E-state index in [0.717, 1.165) is 5.56 Å². The number of halogens is 1. The van der Waals surface area contributed by atoms with Crippen LogP contribution in [0.3, 0.4) is 0 Å². The fourth-order valence-corrected chi connectivity index (χ4v) is 4.97. The van der Waals surface area contributed by atoms with E-state index in [1.54, 1.807) is 17.9 Å². The maximum atomic E-state index is 13.1. The highest BCUT2D eigenvalue weighted by atomic mass is 35.5. The maximum absolute atomic E-state index is 13.1. The van der Waals surface area contributed by atoms with Gasteiger partial charge in [0, 0.05) is 44.0 Å². The average Bonchev–Trinajstić information content (AvgIpc) is 3.07. The molecule has 8 nitrogen and oxygen atoms in total. The van der Waals surface area contributed by atoms with Gasteiger partial charge in [-0.05, 0) is 0 Å². The van der Waals surface area contributed by atoms with Gasteiger partial charge in [-0.25, -0.2) is 8.42 Å². The Kier molecular flexibility index (Phi) is 4.55. The summed E-state index contributed by atoms with van der Waals surface area (Å²) in [5.74, 6) is 0.840. The number of ether oxygens (including phenoxy) is 3. The molecule has 140 valence electrons. The third-order valence-electron chi connectivity index (χ3n) is 4.34. The quantitative estimate of drug-likeness (QED) is 0.779. The van der Waals surface area contributed by atoms with E-state index in [4.69, 9.17) is 25.8 Å². The van der Waals surface area contributed by atoms with Gasteiger partial charge in [0.05, 0.1) is 23.9 Å². The van der Waals surface area contributed by atoms with Crippen LogP contribution in [-0.2, 0) is 21.8 Å². The SMILES string of the molecule is Cn1cc([C@@H]2CN(S(=O)(=O)c3cc4c(cc3Cl)OCCO4)CCO2)cn1. The number of fused-ring (bicyclic) bond motifs is 1. The maximum Gasteiger partial charge on any atom is 0.244 e. The number of benzene rings is 1. The summed E-state index contributed by atoms with van der Waals surface area (Å²) in [6.45, 7) is 1.52. The van der Waals surface area contributed by atoms with E-state index in [0.29, 0.717) is 31.3 Å². The lowest BCUT2D eigenvalue weighted by Crippen LogP contribution is -2.42. The monoisotopic (exact) mass is 399 g/mol. The minimum absolute atomic E-state index is 0.00949. The van der Waals surface area contributed by atoms with Crippen LogP contribution in [0, 0.1) is 0 Å². The molecule has 4 rings (SSSR count). The zero-order valence-electron chi connectivity index (χ0n) is 14.1. The van der Waals surface area contributed by atoms with Gasteiger partial charge < -0.3 is 14.2 Å². The Hall–Kier alpha value is -1.81. The molecule has 0 N–H and O–H groups in total. The highest BCUT2D eigenvalue weighted by molar-refractivity contribution is 7.89. The molecule has 1 aromatic carbocycles. The van der Waals surface area contributed by atoms with Crippen LogP contribution in [0.25, 0.3) is 0 Å². The van der Waals surface area contributed by atoms with Crippen molar-refractivity contribution < 1.29 is 22.6 Å². The van der Waals surface area contributed by atoms with Gasteiger partial charge in [0.1, 0.15) is 18.1 Å². The summed E-state index contributed by atoms with van der Waals surface area (Å²) in [6, 6.07) is 2.92. The van der Waals surface area contributed by atoms with Gasteiger partial charge in [0.25, 0.3) is 0 Å². The Morgan fingerprint density at radius 2 is 1.92 bits per heavy atom. The second-order valence-corrected chi connectivity index (χ2v) is 8.41. The fraction of sp³-hybridized carbons (Fsp3) is 0.438. The van der Waals surface area contributed by atoms with Gasteiger partial charge in [0.2, 0.25) is 10.0 Å². The number of nitrogens with zero attached hydrogens (tertiary/aromatic N) is 3. The van der Waals surface area contributed by atoms with Gasteiger partial charge in [0.15, 0.2) is 11.5 Å². The first kappa shape index (κ1) is 17.6. The van der Waals surface area contributed by atoms with Gasteiger partial charge in [-0.3, -0.25) is 4.68 Å². The molecule has 0 saturated carbocycles.